The maximum Gasteiger partial charge on any atom is 0.000833 e. The van der Waals surface area contributed by atoms with Crippen molar-refractivity contribution in [3.63, 3.8) is 0 Å². The Morgan fingerprint density at radius 1 is 1.55 bits per heavy atom. The van der Waals surface area contributed by atoms with E-state index in [-0.39, 0.29) is 0 Å². The summed E-state index contributed by atoms with van der Waals surface area (Å²) in [7, 11) is 0. The fourth-order valence-corrected chi connectivity index (χ4v) is 0.807. The standard InChI is InChI=1S/C10H19N/c1-8(2)9(3)6-5-7-10(4)11/h7,9H,1,5-6,11H2,2-4H3/b10-7+. The van der Waals surface area contributed by atoms with Gasteiger partial charge in [0.05, 0.1) is 0 Å². The Bertz CT molecular complexity index is 152. The van der Waals surface area contributed by atoms with Crippen molar-refractivity contribution in [3.05, 3.63) is 23.9 Å². The van der Waals surface area contributed by atoms with Crippen LogP contribution in [0.5, 0.6) is 0 Å². The van der Waals surface area contributed by atoms with Crippen LogP contribution in [0.15, 0.2) is 23.9 Å². The van der Waals surface area contributed by atoms with E-state index in [4.69, 9.17) is 5.73 Å². The van der Waals surface area contributed by atoms with Gasteiger partial charge in [0, 0.05) is 5.70 Å². The SMILES string of the molecule is C=C(C)C(C)CC/C=C(\C)N. The molecule has 0 fully saturated rings. The molecule has 0 radical (unpaired) electrons. The maximum absolute atomic E-state index is 5.49. The third-order valence-corrected chi connectivity index (χ3v) is 1.91. The second kappa shape index (κ2) is 5.00. The number of allylic oxidation sites excluding steroid dienone is 3. The highest BCUT2D eigenvalue weighted by molar-refractivity contribution is 4.97. The largest absolute Gasteiger partial charge is 0.403 e. The number of hydrogen-bond donors (Lipinski definition) is 1. The van der Waals surface area contributed by atoms with Crippen LogP contribution in [0.3, 0.4) is 0 Å². The van der Waals surface area contributed by atoms with Gasteiger partial charge >= 0.3 is 0 Å². The third kappa shape index (κ3) is 5.71. The zero-order valence-corrected chi connectivity index (χ0v) is 7.85. The summed E-state index contributed by atoms with van der Waals surface area (Å²) in [6, 6.07) is 0. The predicted molar refractivity (Wildman–Crippen MR) is 51.2 cm³/mol. The summed E-state index contributed by atoms with van der Waals surface area (Å²) < 4.78 is 0. The smallest absolute Gasteiger partial charge is 0.000833 e. The molecular weight excluding hydrogens is 134 g/mol. The summed E-state index contributed by atoms with van der Waals surface area (Å²) >= 11 is 0. The first kappa shape index (κ1) is 10.3. The molecule has 0 spiro atoms. The molecule has 0 saturated heterocycles. The molecule has 0 saturated carbocycles. The lowest BCUT2D eigenvalue weighted by Crippen LogP contribution is -1.95. The highest BCUT2D eigenvalue weighted by atomic mass is 14.5. The van der Waals surface area contributed by atoms with E-state index in [1.54, 1.807) is 0 Å². The van der Waals surface area contributed by atoms with E-state index in [2.05, 4.69) is 26.5 Å². The van der Waals surface area contributed by atoms with Crippen LogP contribution < -0.4 is 5.73 Å². The van der Waals surface area contributed by atoms with Crippen LogP contribution in [-0.4, -0.2) is 0 Å². The van der Waals surface area contributed by atoms with E-state index in [1.807, 2.05) is 6.92 Å². The van der Waals surface area contributed by atoms with Gasteiger partial charge in [-0.05, 0) is 32.6 Å². The second-order valence-electron chi connectivity index (χ2n) is 3.27. The molecule has 0 amide bonds. The molecule has 0 rings (SSSR count). The maximum atomic E-state index is 5.49. The van der Waals surface area contributed by atoms with Gasteiger partial charge in [0.2, 0.25) is 0 Å². The second-order valence-corrected chi connectivity index (χ2v) is 3.27. The van der Waals surface area contributed by atoms with Gasteiger partial charge in [0.1, 0.15) is 0 Å². The predicted octanol–water partition coefficient (Wildman–Crippen LogP) is 2.84. The topological polar surface area (TPSA) is 26.0 Å². The van der Waals surface area contributed by atoms with Gasteiger partial charge in [0.25, 0.3) is 0 Å². The van der Waals surface area contributed by atoms with Crippen LogP contribution >= 0.6 is 0 Å². The normalized spacial score (nSPS) is 14.6. The lowest BCUT2D eigenvalue weighted by Gasteiger charge is -2.08. The summed E-state index contributed by atoms with van der Waals surface area (Å²) in [6.07, 6.45) is 4.29. The average molecular weight is 153 g/mol. The van der Waals surface area contributed by atoms with Crippen LogP contribution in [0.2, 0.25) is 0 Å². The number of rotatable bonds is 4. The lowest BCUT2D eigenvalue weighted by molar-refractivity contribution is 0.622. The Morgan fingerprint density at radius 3 is 2.45 bits per heavy atom. The van der Waals surface area contributed by atoms with Crippen molar-refractivity contribution < 1.29 is 0 Å². The molecule has 0 aliphatic carbocycles. The molecule has 0 aliphatic heterocycles. The van der Waals surface area contributed by atoms with E-state index in [0.717, 1.165) is 18.5 Å². The molecule has 1 unspecified atom stereocenters. The molecule has 0 aromatic rings. The Balaban J connectivity index is 3.55. The minimum Gasteiger partial charge on any atom is -0.403 e. The van der Waals surface area contributed by atoms with Crippen molar-refractivity contribution in [3.8, 4) is 0 Å². The fourth-order valence-electron chi connectivity index (χ4n) is 0.807. The molecule has 0 aliphatic rings. The summed E-state index contributed by atoms with van der Waals surface area (Å²) in [5.74, 6) is 0.616. The van der Waals surface area contributed by atoms with Crippen molar-refractivity contribution >= 4 is 0 Å². The van der Waals surface area contributed by atoms with Crippen molar-refractivity contribution in [1.29, 1.82) is 0 Å². The molecule has 0 heterocycles. The monoisotopic (exact) mass is 153 g/mol. The fraction of sp³-hybridized carbons (Fsp3) is 0.600. The highest BCUT2D eigenvalue weighted by Crippen LogP contribution is 2.14. The molecule has 1 nitrogen and oxygen atoms in total. The molecule has 1 atom stereocenters. The Labute approximate surface area is 70.0 Å². The first-order chi connectivity index (χ1) is 5.04. The van der Waals surface area contributed by atoms with Gasteiger partial charge in [0.15, 0.2) is 0 Å². The van der Waals surface area contributed by atoms with Crippen LogP contribution in [0.25, 0.3) is 0 Å². The van der Waals surface area contributed by atoms with E-state index >= 15 is 0 Å². The quantitative estimate of drug-likeness (QED) is 0.617. The van der Waals surface area contributed by atoms with Crippen molar-refractivity contribution in [2.45, 2.75) is 33.6 Å². The average Bonchev–Trinajstić information content (AvgIpc) is 1.86. The van der Waals surface area contributed by atoms with E-state index in [9.17, 15) is 0 Å². The van der Waals surface area contributed by atoms with Crippen molar-refractivity contribution in [2.75, 3.05) is 0 Å². The van der Waals surface area contributed by atoms with E-state index in [0.29, 0.717) is 5.92 Å². The summed E-state index contributed by atoms with van der Waals surface area (Å²) in [6.45, 7) is 10.1. The Hall–Kier alpha value is -0.720. The van der Waals surface area contributed by atoms with Crippen molar-refractivity contribution in [1.82, 2.24) is 0 Å². The molecule has 2 N–H and O–H groups in total. The van der Waals surface area contributed by atoms with Gasteiger partial charge < -0.3 is 5.73 Å². The van der Waals surface area contributed by atoms with Gasteiger partial charge in [-0.15, -0.1) is 0 Å². The van der Waals surface area contributed by atoms with Gasteiger partial charge in [-0.3, -0.25) is 0 Å². The van der Waals surface area contributed by atoms with Crippen LogP contribution in [0.1, 0.15) is 33.6 Å². The Kier molecular flexibility index (Phi) is 4.67. The highest BCUT2D eigenvalue weighted by Gasteiger charge is 1.99. The molecular formula is C10H19N. The molecule has 1 heteroatoms. The summed E-state index contributed by atoms with van der Waals surface area (Å²) in [4.78, 5) is 0. The van der Waals surface area contributed by atoms with Gasteiger partial charge in [-0.2, -0.15) is 0 Å². The zero-order valence-electron chi connectivity index (χ0n) is 7.85. The van der Waals surface area contributed by atoms with Gasteiger partial charge in [-0.1, -0.05) is 25.2 Å². The summed E-state index contributed by atoms with van der Waals surface area (Å²) in [5, 5.41) is 0. The van der Waals surface area contributed by atoms with E-state index in [1.165, 1.54) is 5.57 Å². The number of nitrogens with two attached hydrogens (primary N) is 1. The van der Waals surface area contributed by atoms with E-state index < -0.39 is 0 Å². The molecule has 0 aromatic heterocycles. The van der Waals surface area contributed by atoms with Crippen molar-refractivity contribution in [2.24, 2.45) is 11.7 Å². The summed E-state index contributed by atoms with van der Waals surface area (Å²) in [5.41, 5.74) is 7.67. The Morgan fingerprint density at radius 2 is 2.09 bits per heavy atom. The minimum absolute atomic E-state index is 0.616. The molecule has 64 valence electrons. The zero-order chi connectivity index (χ0) is 8.85. The lowest BCUT2D eigenvalue weighted by atomic mass is 9.98. The molecule has 0 aromatic carbocycles. The van der Waals surface area contributed by atoms with Crippen LogP contribution in [0.4, 0.5) is 0 Å². The van der Waals surface area contributed by atoms with Gasteiger partial charge in [-0.25, -0.2) is 0 Å². The number of hydrogen-bond acceptors (Lipinski definition) is 1. The van der Waals surface area contributed by atoms with Crippen LogP contribution in [0, 0.1) is 5.92 Å². The third-order valence-electron chi connectivity index (χ3n) is 1.91. The first-order valence-corrected chi connectivity index (χ1v) is 4.11. The first-order valence-electron chi connectivity index (χ1n) is 4.11. The molecule has 0 bridgehead atoms. The van der Waals surface area contributed by atoms with Crippen LogP contribution in [-0.2, 0) is 0 Å². The molecule has 11 heavy (non-hydrogen) atoms. The minimum atomic E-state index is 0.616.